The number of hydrogen-bond acceptors (Lipinski definition) is 2. The summed E-state index contributed by atoms with van der Waals surface area (Å²) in [7, 11) is 0. The normalized spacial score (nSPS) is 12.1. The van der Waals surface area contributed by atoms with Gasteiger partial charge in [-0.15, -0.1) is 58.7 Å². The Labute approximate surface area is 224 Å². The van der Waals surface area contributed by atoms with Crippen LogP contribution in [0.2, 0.25) is 0 Å². The molecule has 0 fully saturated rings. The van der Waals surface area contributed by atoms with Gasteiger partial charge in [-0.25, -0.2) is 0 Å². The Morgan fingerprint density at radius 2 is 1.87 bits per heavy atom. The third-order valence-corrected chi connectivity index (χ3v) is 7.36. The van der Waals surface area contributed by atoms with Gasteiger partial charge in [-0.1, -0.05) is 89.9 Å². The van der Waals surface area contributed by atoms with E-state index in [9.17, 15) is 0 Å². The molecule has 0 amide bonds. The van der Waals surface area contributed by atoms with Crippen molar-refractivity contribution in [2.45, 2.75) is 25.7 Å². The van der Waals surface area contributed by atoms with Gasteiger partial charge in [-0.3, -0.25) is 4.98 Å². The fraction of sp³-hybridized carbons (Fsp3) is 0.154. The minimum absolute atomic E-state index is 0. The number of nitrogens with zero attached hydrogens (tertiary/aromatic N) is 2. The molecule has 2 heterocycles. The summed E-state index contributed by atoms with van der Waals surface area (Å²) < 4.78 is 2.45. The number of fused-ring (bicyclic) bond motifs is 3. The van der Waals surface area contributed by atoms with Crippen molar-refractivity contribution in [3.63, 3.8) is 0 Å². The first-order valence-corrected chi connectivity index (χ1v) is 11.9. The first kappa shape index (κ1) is 23.1. The molecule has 0 atom stereocenters. The van der Waals surface area contributed by atoms with Crippen LogP contribution < -0.4 is 0 Å². The van der Waals surface area contributed by atoms with E-state index >= 15 is 0 Å². The Hall–Kier alpha value is -1.11. The monoisotopic (exact) mass is 807 g/mol. The Kier molecular flexibility index (Phi) is 6.72. The van der Waals surface area contributed by atoms with Crippen molar-refractivity contribution in [1.29, 1.82) is 0 Å². The maximum absolute atomic E-state index is 5.06. The van der Waals surface area contributed by atoms with Crippen LogP contribution >= 0.6 is 45.2 Å². The molecule has 4 aromatic rings. The SMILES string of the molecule is CC(C)(c1[c-]c2c(c(I)c1)Cc1ccc(-c3[c-]ccc(I)c3)nc1-2)c1ccccn1.[Pt+2]. The van der Waals surface area contributed by atoms with Crippen LogP contribution in [0.15, 0.2) is 60.8 Å². The third kappa shape index (κ3) is 4.28. The van der Waals surface area contributed by atoms with E-state index in [0.717, 1.165) is 40.2 Å². The number of hydrogen-bond donors (Lipinski definition) is 0. The first-order chi connectivity index (χ1) is 14.4. The maximum Gasteiger partial charge on any atom is 2.00 e. The molecular weight excluding hydrogens is 789 g/mol. The minimum Gasteiger partial charge on any atom is -0.345 e. The summed E-state index contributed by atoms with van der Waals surface area (Å²) in [6, 6.07) is 25.9. The second kappa shape index (κ2) is 9.03. The molecule has 0 spiro atoms. The summed E-state index contributed by atoms with van der Waals surface area (Å²) in [6.07, 6.45) is 2.77. The van der Waals surface area contributed by atoms with Crippen LogP contribution in [0.3, 0.4) is 0 Å². The second-order valence-corrected chi connectivity index (χ2v) is 10.4. The van der Waals surface area contributed by atoms with Gasteiger partial charge in [0, 0.05) is 17.3 Å². The van der Waals surface area contributed by atoms with Gasteiger partial charge in [0.25, 0.3) is 0 Å². The van der Waals surface area contributed by atoms with E-state index in [1.165, 1.54) is 18.3 Å². The van der Waals surface area contributed by atoms with Crippen LogP contribution in [-0.4, -0.2) is 9.97 Å². The maximum atomic E-state index is 5.06. The van der Waals surface area contributed by atoms with Gasteiger partial charge in [0.2, 0.25) is 0 Å². The van der Waals surface area contributed by atoms with Crippen molar-refractivity contribution >= 4 is 45.2 Å². The summed E-state index contributed by atoms with van der Waals surface area (Å²) in [5.74, 6) is 0. The number of pyridine rings is 2. The van der Waals surface area contributed by atoms with E-state index in [1.807, 2.05) is 24.4 Å². The van der Waals surface area contributed by atoms with Gasteiger partial charge in [0.15, 0.2) is 0 Å². The molecule has 0 aliphatic heterocycles. The largest absolute Gasteiger partial charge is 2.00 e. The van der Waals surface area contributed by atoms with Gasteiger partial charge in [0.1, 0.15) is 0 Å². The van der Waals surface area contributed by atoms with Crippen LogP contribution in [0.25, 0.3) is 22.5 Å². The van der Waals surface area contributed by atoms with Crippen molar-refractivity contribution in [1.82, 2.24) is 9.97 Å². The zero-order valence-corrected chi connectivity index (χ0v) is 23.5. The van der Waals surface area contributed by atoms with E-state index in [-0.39, 0.29) is 26.5 Å². The van der Waals surface area contributed by atoms with E-state index in [1.54, 1.807) is 0 Å². The van der Waals surface area contributed by atoms with Crippen molar-refractivity contribution in [2.24, 2.45) is 0 Å². The Balaban J connectivity index is 0.00000231. The van der Waals surface area contributed by atoms with Gasteiger partial charge < -0.3 is 4.98 Å². The topological polar surface area (TPSA) is 25.8 Å². The summed E-state index contributed by atoms with van der Waals surface area (Å²) in [4.78, 5) is 9.67. The molecule has 0 bridgehead atoms. The van der Waals surface area contributed by atoms with E-state index in [0.29, 0.717) is 0 Å². The van der Waals surface area contributed by atoms with Crippen LogP contribution in [-0.2, 0) is 32.9 Å². The standard InChI is InChI=1S/C26H18I2N2.Pt/c1-26(2,24-8-3-4-11-29-24)18-14-21-20(22(28)15-18)13-17-9-10-23(30-25(17)21)16-6-5-7-19(27)12-16;/h3-5,7-12,15H,13H2,1-2H3;/q-2;+2. The molecule has 0 saturated carbocycles. The van der Waals surface area contributed by atoms with Crippen molar-refractivity contribution < 1.29 is 21.1 Å². The Bertz CT molecular complexity index is 1270. The van der Waals surface area contributed by atoms with E-state index in [2.05, 4.69) is 113 Å². The molecule has 1 aliphatic rings. The number of halogens is 2. The molecule has 0 unspecified atom stereocenters. The van der Waals surface area contributed by atoms with Crippen molar-refractivity contribution in [3.8, 4) is 22.5 Å². The van der Waals surface area contributed by atoms with Gasteiger partial charge in [-0.2, -0.15) is 0 Å². The molecular formula is C26H18I2N2Pt. The fourth-order valence-corrected chi connectivity index (χ4v) is 5.20. The van der Waals surface area contributed by atoms with E-state index in [4.69, 9.17) is 4.98 Å². The summed E-state index contributed by atoms with van der Waals surface area (Å²) in [5.41, 5.74) is 8.70. The smallest absolute Gasteiger partial charge is 0.345 e. The van der Waals surface area contributed by atoms with Gasteiger partial charge in [0.05, 0.1) is 0 Å². The van der Waals surface area contributed by atoms with Gasteiger partial charge in [-0.05, 0) is 29.9 Å². The summed E-state index contributed by atoms with van der Waals surface area (Å²) in [6.45, 7) is 4.43. The Morgan fingerprint density at radius 1 is 1.03 bits per heavy atom. The molecule has 0 N–H and O–H groups in total. The molecule has 156 valence electrons. The molecule has 5 rings (SSSR count). The minimum atomic E-state index is -0.236. The second-order valence-electron chi connectivity index (χ2n) is 8.03. The molecule has 1 aliphatic carbocycles. The summed E-state index contributed by atoms with van der Waals surface area (Å²) in [5, 5.41) is 0. The van der Waals surface area contributed by atoms with Crippen molar-refractivity contribution in [2.75, 3.05) is 0 Å². The molecule has 5 heteroatoms. The zero-order valence-electron chi connectivity index (χ0n) is 16.9. The van der Waals surface area contributed by atoms with Crippen LogP contribution in [0.1, 0.15) is 36.2 Å². The number of benzene rings is 2. The average molecular weight is 807 g/mol. The quantitative estimate of drug-likeness (QED) is 0.148. The summed E-state index contributed by atoms with van der Waals surface area (Å²) >= 11 is 4.79. The van der Waals surface area contributed by atoms with Crippen LogP contribution in [0.4, 0.5) is 0 Å². The number of rotatable bonds is 3. The van der Waals surface area contributed by atoms with Crippen molar-refractivity contribution in [3.05, 3.63) is 102 Å². The molecule has 0 radical (unpaired) electrons. The zero-order chi connectivity index (χ0) is 20.9. The molecule has 2 aromatic carbocycles. The molecule has 2 aromatic heterocycles. The first-order valence-electron chi connectivity index (χ1n) is 9.78. The molecule has 31 heavy (non-hydrogen) atoms. The van der Waals surface area contributed by atoms with E-state index < -0.39 is 0 Å². The predicted molar refractivity (Wildman–Crippen MR) is 137 cm³/mol. The predicted octanol–water partition coefficient (Wildman–Crippen LogP) is 6.85. The number of aromatic nitrogens is 2. The third-order valence-electron chi connectivity index (χ3n) is 5.72. The fourth-order valence-electron chi connectivity index (χ4n) is 3.94. The molecule has 0 saturated heterocycles. The molecule has 2 nitrogen and oxygen atoms in total. The van der Waals surface area contributed by atoms with Crippen LogP contribution in [0.5, 0.6) is 0 Å². The van der Waals surface area contributed by atoms with Crippen LogP contribution in [0, 0.1) is 19.3 Å². The van der Waals surface area contributed by atoms with Gasteiger partial charge >= 0.3 is 21.1 Å². The Morgan fingerprint density at radius 3 is 2.61 bits per heavy atom. The average Bonchev–Trinajstić information content (AvgIpc) is 3.13.